The number of alkyl halides is 3. The lowest BCUT2D eigenvalue weighted by Crippen LogP contribution is -2.46. The fraction of sp³-hybridized carbons (Fsp3) is 0.500. The molecular formula is C14H15ClF3NO3. The first-order chi connectivity index (χ1) is 10.3. The highest BCUT2D eigenvalue weighted by Gasteiger charge is 2.36. The van der Waals surface area contributed by atoms with Crippen molar-refractivity contribution < 1.29 is 27.4 Å². The van der Waals surface area contributed by atoms with E-state index >= 15 is 0 Å². The van der Waals surface area contributed by atoms with Gasteiger partial charge in [0.25, 0.3) is 5.91 Å². The lowest BCUT2D eigenvalue weighted by atomic mass is 10.1. The van der Waals surface area contributed by atoms with Gasteiger partial charge in [0.15, 0.2) is 0 Å². The molecule has 0 spiro atoms. The van der Waals surface area contributed by atoms with E-state index in [-0.39, 0.29) is 25.6 Å². The van der Waals surface area contributed by atoms with Crippen LogP contribution in [0.3, 0.4) is 0 Å². The molecule has 1 aliphatic heterocycles. The quantitative estimate of drug-likeness (QED) is 0.850. The van der Waals surface area contributed by atoms with Crippen LogP contribution >= 0.6 is 11.6 Å². The lowest BCUT2D eigenvalue weighted by Gasteiger charge is -2.33. The molecule has 0 saturated carbocycles. The number of methoxy groups -OCH3 is 1. The first-order valence-corrected chi connectivity index (χ1v) is 6.99. The summed E-state index contributed by atoms with van der Waals surface area (Å²) in [5.41, 5.74) is 0.314. The van der Waals surface area contributed by atoms with Gasteiger partial charge in [0.1, 0.15) is 5.75 Å². The summed E-state index contributed by atoms with van der Waals surface area (Å²) in [7, 11) is 1.42. The zero-order valence-corrected chi connectivity index (χ0v) is 12.6. The van der Waals surface area contributed by atoms with Gasteiger partial charge in [-0.3, -0.25) is 4.79 Å². The van der Waals surface area contributed by atoms with Gasteiger partial charge in [-0.25, -0.2) is 0 Å². The van der Waals surface area contributed by atoms with Crippen LogP contribution in [0.1, 0.15) is 16.8 Å². The standard InChI is InChI=1S/C14H15ClF3NO3/c1-21-12-6-9(2-3-11(12)15)13(20)19-4-5-22-10(8-19)7-14(16,17)18/h2-3,6,10H,4-5,7-8H2,1H3. The van der Waals surface area contributed by atoms with Crippen molar-refractivity contribution in [3.05, 3.63) is 28.8 Å². The van der Waals surface area contributed by atoms with Gasteiger partial charge in [-0.15, -0.1) is 0 Å². The van der Waals surface area contributed by atoms with Crippen LogP contribution in [-0.2, 0) is 4.74 Å². The predicted molar refractivity (Wildman–Crippen MR) is 74.3 cm³/mol. The predicted octanol–water partition coefficient (Wildman–Crippen LogP) is 3.14. The van der Waals surface area contributed by atoms with E-state index < -0.39 is 18.7 Å². The van der Waals surface area contributed by atoms with E-state index in [9.17, 15) is 18.0 Å². The highest BCUT2D eigenvalue weighted by molar-refractivity contribution is 6.32. The average molecular weight is 338 g/mol. The first-order valence-electron chi connectivity index (χ1n) is 6.61. The highest BCUT2D eigenvalue weighted by atomic mass is 35.5. The van der Waals surface area contributed by atoms with Gasteiger partial charge >= 0.3 is 6.18 Å². The van der Waals surface area contributed by atoms with Crippen LogP contribution in [-0.4, -0.2) is 49.9 Å². The molecule has 8 heteroatoms. The fourth-order valence-electron chi connectivity index (χ4n) is 2.26. The number of ether oxygens (including phenoxy) is 2. The second-order valence-electron chi connectivity index (χ2n) is 4.91. The molecule has 1 aliphatic rings. The molecule has 122 valence electrons. The first kappa shape index (κ1) is 16.9. The molecule has 1 atom stereocenters. The number of halogens is 4. The molecule has 1 amide bonds. The van der Waals surface area contributed by atoms with Crippen molar-refractivity contribution in [1.29, 1.82) is 0 Å². The number of benzene rings is 1. The Labute approximate surface area is 130 Å². The Kier molecular flexibility index (Phi) is 5.18. The molecule has 1 unspecified atom stereocenters. The molecule has 1 saturated heterocycles. The monoisotopic (exact) mass is 337 g/mol. The van der Waals surface area contributed by atoms with Crippen LogP contribution in [0, 0.1) is 0 Å². The minimum absolute atomic E-state index is 0.0806. The average Bonchev–Trinajstić information content (AvgIpc) is 2.45. The molecule has 1 aromatic rings. The van der Waals surface area contributed by atoms with Crippen LogP contribution < -0.4 is 4.74 Å². The zero-order chi connectivity index (χ0) is 16.3. The number of morpholine rings is 1. The number of hydrogen-bond donors (Lipinski definition) is 0. The Morgan fingerprint density at radius 2 is 2.23 bits per heavy atom. The van der Waals surface area contributed by atoms with E-state index in [1.54, 1.807) is 0 Å². The van der Waals surface area contributed by atoms with Gasteiger partial charge in [-0.05, 0) is 18.2 Å². The number of amides is 1. The maximum Gasteiger partial charge on any atom is 0.391 e. The number of carbonyl (C=O) groups is 1. The summed E-state index contributed by atoms with van der Waals surface area (Å²) in [5.74, 6) is -0.0296. The van der Waals surface area contributed by atoms with E-state index in [4.69, 9.17) is 21.1 Å². The third-order valence-corrected chi connectivity index (χ3v) is 3.60. The summed E-state index contributed by atoms with van der Waals surface area (Å²) >= 11 is 5.89. The third kappa shape index (κ3) is 4.27. The molecule has 0 aliphatic carbocycles. The molecule has 1 fully saturated rings. The van der Waals surface area contributed by atoms with Crippen LogP contribution in [0.25, 0.3) is 0 Å². The van der Waals surface area contributed by atoms with E-state index in [1.807, 2.05) is 0 Å². The molecule has 1 heterocycles. The molecule has 4 nitrogen and oxygen atoms in total. The van der Waals surface area contributed by atoms with Crippen molar-refractivity contribution in [2.24, 2.45) is 0 Å². The van der Waals surface area contributed by atoms with Crippen LogP contribution in [0.15, 0.2) is 18.2 Å². The van der Waals surface area contributed by atoms with Gasteiger partial charge in [0, 0.05) is 18.7 Å². The Hall–Kier alpha value is -1.47. The van der Waals surface area contributed by atoms with Gasteiger partial charge in [-0.2, -0.15) is 13.2 Å². The zero-order valence-electron chi connectivity index (χ0n) is 11.8. The molecule has 22 heavy (non-hydrogen) atoms. The molecule has 0 aromatic heterocycles. The smallest absolute Gasteiger partial charge is 0.391 e. The Bertz CT molecular complexity index is 551. The summed E-state index contributed by atoms with van der Waals surface area (Å²) < 4.78 is 47.4. The summed E-state index contributed by atoms with van der Waals surface area (Å²) in [6.07, 6.45) is -6.42. The van der Waals surface area contributed by atoms with Crippen LogP contribution in [0.2, 0.25) is 5.02 Å². The van der Waals surface area contributed by atoms with Gasteiger partial charge in [0.2, 0.25) is 0 Å². The van der Waals surface area contributed by atoms with Crippen LogP contribution in [0.5, 0.6) is 5.75 Å². The summed E-state index contributed by atoms with van der Waals surface area (Å²) in [6.45, 7) is 0.235. The molecule has 0 radical (unpaired) electrons. The van der Waals surface area contributed by atoms with Gasteiger partial charge in [0.05, 0.1) is 31.3 Å². The number of nitrogens with zero attached hydrogens (tertiary/aromatic N) is 1. The van der Waals surface area contributed by atoms with E-state index in [2.05, 4.69) is 0 Å². The van der Waals surface area contributed by atoms with Gasteiger partial charge < -0.3 is 14.4 Å². The number of rotatable bonds is 3. The SMILES string of the molecule is COc1cc(C(=O)N2CCOC(CC(F)(F)F)C2)ccc1Cl. The second-order valence-corrected chi connectivity index (χ2v) is 5.32. The summed E-state index contributed by atoms with van der Waals surface area (Å²) in [6, 6.07) is 4.50. The number of carbonyl (C=O) groups excluding carboxylic acids is 1. The van der Waals surface area contributed by atoms with Crippen LogP contribution in [0.4, 0.5) is 13.2 Å². The van der Waals surface area contributed by atoms with Crippen molar-refractivity contribution in [2.75, 3.05) is 26.8 Å². The van der Waals surface area contributed by atoms with Crippen molar-refractivity contribution in [3.63, 3.8) is 0 Å². The molecular weight excluding hydrogens is 323 g/mol. The minimum Gasteiger partial charge on any atom is -0.495 e. The maximum atomic E-state index is 12.4. The Morgan fingerprint density at radius 3 is 2.86 bits per heavy atom. The van der Waals surface area contributed by atoms with E-state index in [0.717, 1.165) is 0 Å². The van der Waals surface area contributed by atoms with Gasteiger partial charge in [-0.1, -0.05) is 11.6 Å². The van der Waals surface area contributed by atoms with Crippen molar-refractivity contribution >= 4 is 17.5 Å². The Balaban J connectivity index is 2.09. The maximum absolute atomic E-state index is 12.4. The second kappa shape index (κ2) is 6.75. The van der Waals surface area contributed by atoms with Crippen molar-refractivity contribution in [2.45, 2.75) is 18.7 Å². The summed E-state index contributed by atoms with van der Waals surface area (Å²) in [5, 5.41) is 0.357. The van der Waals surface area contributed by atoms with Crippen molar-refractivity contribution in [3.8, 4) is 5.75 Å². The lowest BCUT2D eigenvalue weighted by molar-refractivity contribution is -0.168. The topological polar surface area (TPSA) is 38.8 Å². The normalized spacial score (nSPS) is 19.1. The fourth-order valence-corrected chi connectivity index (χ4v) is 2.46. The van der Waals surface area contributed by atoms with Crippen molar-refractivity contribution in [1.82, 2.24) is 4.90 Å². The molecule has 0 bridgehead atoms. The number of hydrogen-bond acceptors (Lipinski definition) is 3. The molecule has 0 N–H and O–H groups in total. The van der Waals surface area contributed by atoms with E-state index in [0.29, 0.717) is 16.3 Å². The highest BCUT2D eigenvalue weighted by Crippen LogP contribution is 2.27. The molecule has 2 rings (SSSR count). The Morgan fingerprint density at radius 1 is 1.50 bits per heavy atom. The molecule has 1 aromatic carbocycles. The largest absolute Gasteiger partial charge is 0.495 e. The summed E-state index contributed by atoms with van der Waals surface area (Å²) in [4.78, 5) is 13.7. The van der Waals surface area contributed by atoms with E-state index in [1.165, 1.54) is 30.2 Å². The third-order valence-electron chi connectivity index (χ3n) is 3.28. The minimum atomic E-state index is -4.32.